The zero-order chi connectivity index (χ0) is 9.26. The Morgan fingerprint density at radius 2 is 2.23 bits per heavy atom. The third kappa shape index (κ3) is 2.23. The Balaban J connectivity index is 1.81. The number of amidine groups is 1. The first-order valence-corrected chi connectivity index (χ1v) is 5.60. The number of likely N-dealkylation sites (tertiary alicyclic amines) is 1. The molecule has 2 aliphatic rings. The Morgan fingerprint density at radius 1 is 1.46 bits per heavy atom. The van der Waals surface area contributed by atoms with Gasteiger partial charge in [0.1, 0.15) is 0 Å². The van der Waals surface area contributed by atoms with E-state index < -0.39 is 0 Å². The smallest absolute Gasteiger partial charge is 0.0957 e. The van der Waals surface area contributed by atoms with Crippen LogP contribution in [0.25, 0.3) is 0 Å². The highest BCUT2D eigenvalue weighted by Crippen LogP contribution is 2.37. The van der Waals surface area contributed by atoms with E-state index >= 15 is 0 Å². The molecule has 0 aromatic rings. The van der Waals surface area contributed by atoms with Crippen molar-refractivity contribution in [2.24, 2.45) is 11.8 Å². The van der Waals surface area contributed by atoms with Gasteiger partial charge in [0, 0.05) is 19.5 Å². The van der Waals surface area contributed by atoms with E-state index in [-0.39, 0.29) is 0 Å². The van der Waals surface area contributed by atoms with E-state index in [1.807, 2.05) is 0 Å². The van der Waals surface area contributed by atoms with E-state index in [1.54, 1.807) is 0 Å². The van der Waals surface area contributed by atoms with Gasteiger partial charge in [-0.2, -0.15) is 0 Å². The quantitative estimate of drug-likeness (QED) is 0.710. The van der Waals surface area contributed by atoms with Gasteiger partial charge in [-0.15, -0.1) is 0 Å². The molecular weight excluding hydrogens is 160 g/mol. The fraction of sp³-hybridized carbons (Fsp3) is 0.909. The Morgan fingerprint density at radius 3 is 2.85 bits per heavy atom. The molecule has 0 spiro atoms. The van der Waals surface area contributed by atoms with Crippen molar-refractivity contribution >= 4 is 5.84 Å². The summed E-state index contributed by atoms with van der Waals surface area (Å²) in [6, 6.07) is 0. The summed E-state index contributed by atoms with van der Waals surface area (Å²) in [7, 11) is 0. The summed E-state index contributed by atoms with van der Waals surface area (Å²) in [6.45, 7) is 4.62. The van der Waals surface area contributed by atoms with Crippen LogP contribution in [0, 0.1) is 17.2 Å². The van der Waals surface area contributed by atoms with Crippen LogP contribution in [0.1, 0.15) is 39.0 Å². The highest BCUT2D eigenvalue weighted by molar-refractivity contribution is 5.79. The number of piperidine rings is 1. The highest BCUT2D eigenvalue weighted by atomic mass is 15.2. The number of rotatable bonds is 3. The molecule has 1 unspecified atom stereocenters. The van der Waals surface area contributed by atoms with Gasteiger partial charge in [-0.1, -0.05) is 6.92 Å². The molecular formula is C11H20N2. The Bertz CT molecular complexity index is 196. The lowest BCUT2D eigenvalue weighted by Crippen LogP contribution is -2.38. The largest absolute Gasteiger partial charge is 0.360 e. The molecule has 0 aromatic heterocycles. The molecule has 1 aliphatic carbocycles. The molecule has 2 fully saturated rings. The second-order valence-electron chi connectivity index (χ2n) is 4.66. The molecule has 1 aliphatic heterocycles. The van der Waals surface area contributed by atoms with Crippen molar-refractivity contribution in [2.45, 2.75) is 39.0 Å². The summed E-state index contributed by atoms with van der Waals surface area (Å²) in [4.78, 5) is 2.30. The maximum Gasteiger partial charge on any atom is 0.0957 e. The number of hydrogen-bond acceptors (Lipinski definition) is 1. The van der Waals surface area contributed by atoms with E-state index in [1.165, 1.54) is 25.7 Å². The van der Waals surface area contributed by atoms with Gasteiger partial charge in [0.2, 0.25) is 0 Å². The molecule has 1 N–H and O–H groups in total. The maximum atomic E-state index is 7.83. The Hall–Kier alpha value is -0.530. The zero-order valence-electron chi connectivity index (χ0n) is 8.55. The van der Waals surface area contributed by atoms with Crippen LogP contribution in [0.4, 0.5) is 0 Å². The molecule has 0 radical (unpaired) electrons. The second-order valence-corrected chi connectivity index (χ2v) is 4.66. The SMILES string of the molecule is CC(CN1CCCCC1=N)C1CC1. The second kappa shape index (κ2) is 3.69. The molecule has 2 rings (SSSR count). The van der Waals surface area contributed by atoms with E-state index in [9.17, 15) is 0 Å². The summed E-state index contributed by atoms with van der Waals surface area (Å²) in [5, 5.41) is 7.83. The third-order valence-electron chi connectivity index (χ3n) is 3.41. The summed E-state index contributed by atoms with van der Waals surface area (Å²) in [5.41, 5.74) is 0. The average Bonchev–Trinajstić information content (AvgIpc) is 2.91. The molecule has 2 heteroatoms. The lowest BCUT2D eigenvalue weighted by Gasteiger charge is -2.31. The summed E-state index contributed by atoms with van der Waals surface area (Å²) >= 11 is 0. The van der Waals surface area contributed by atoms with Crippen molar-refractivity contribution in [1.29, 1.82) is 5.41 Å². The average molecular weight is 180 g/mol. The van der Waals surface area contributed by atoms with Gasteiger partial charge in [-0.3, -0.25) is 5.41 Å². The molecule has 0 bridgehead atoms. The van der Waals surface area contributed by atoms with Gasteiger partial charge in [-0.25, -0.2) is 0 Å². The standard InChI is InChI=1S/C11H20N2/c1-9(10-5-6-10)8-13-7-3-2-4-11(13)12/h9-10,12H,2-8H2,1H3. The number of nitrogens with one attached hydrogen (secondary N) is 1. The van der Waals surface area contributed by atoms with Crippen molar-refractivity contribution in [3.8, 4) is 0 Å². The molecule has 13 heavy (non-hydrogen) atoms. The minimum atomic E-state index is 0.818. The van der Waals surface area contributed by atoms with Gasteiger partial charge >= 0.3 is 0 Å². The molecule has 74 valence electrons. The fourth-order valence-corrected chi connectivity index (χ4v) is 2.25. The van der Waals surface area contributed by atoms with Crippen LogP contribution in [-0.4, -0.2) is 23.8 Å². The van der Waals surface area contributed by atoms with Crippen LogP contribution in [0.15, 0.2) is 0 Å². The molecule has 2 nitrogen and oxygen atoms in total. The van der Waals surface area contributed by atoms with Crippen LogP contribution in [-0.2, 0) is 0 Å². The number of hydrogen-bond donors (Lipinski definition) is 1. The van der Waals surface area contributed by atoms with E-state index in [0.29, 0.717) is 0 Å². The van der Waals surface area contributed by atoms with E-state index in [2.05, 4.69) is 11.8 Å². The van der Waals surface area contributed by atoms with E-state index in [0.717, 1.165) is 37.2 Å². The minimum Gasteiger partial charge on any atom is -0.360 e. The zero-order valence-corrected chi connectivity index (χ0v) is 8.55. The van der Waals surface area contributed by atoms with Crippen LogP contribution in [0.3, 0.4) is 0 Å². The van der Waals surface area contributed by atoms with Gasteiger partial charge in [0.25, 0.3) is 0 Å². The molecule has 1 saturated heterocycles. The number of nitrogens with zero attached hydrogens (tertiary/aromatic N) is 1. The first-order valence-electron chi connectivity index (χ1n) is 5.60. The first kappa shape index (κ1) is 9.04. The van der Waals surface area contributed by atoms with Crippen LogP contribution >= 0.6 is 0 Å². The fourth-order valence-electron chi connectivity index (χ4n) is 2.25. The first-order chi connectivity index (χ1) is 6.27. The molecule has 1 atom stereocenters. The maximum absolute atomic E-state index is 7.83. The van der Waals surface area contributed by atoms with Crippen molar-refractivity contribution in [3.63, 3.8) is 0 Å². The normalized spacial score (nSPS) is 26.2. The van der Waals surface area contributed by atoms with Crippen molar-refractivity contribution < 1.29 is 0 Å². The molecule has 1 heterocycles. The van der Waals surface area contributed by atoms with Crippen LogP contribution in [0.2, 0.25) is 0 Å². The topological polar surface area (TPSA) is 27.1 Å². The Kier molecular flexibility index (Phi) is 2.56. The lowest BCUT2D eigenvalue weighted by molar-refractivity contribution is 0.301. The third-order valence-corrected chi connectivity index (χ3v) is 3.41. The van der Waals surface area contributed by atoms with Gasteiger partial charge < -0.3 is 4.90 Å². The van der Waals surface area contributed by atoms with Crippen LogP contribution < -0.4 is 0 Å². The Labute approximate surface area is 80.8 Å². The van der Waals surface area contributed by atoms with Crippen LogP contribution in [0.5, 0.6) is 0 Å². The highest BCUT2D eigenvalue weighted by Gasteiger charge is 2.29. The summed E-state index contributed by atoms with van der Waals surface area (Å²) in [5.74, 6) is 2.69. The predicted molar refractivity (Wildman–Crippen MR) is 55.0 cm³/mol. The minimum absolute atomic E-state index is 0.818. The van der Waals surface area contributed by atoms with Crippen molar-refractivity contribution in [2.75, 3.05) is 13.1 Å². The predicted octanol–water partition coefficient (Wildman–Crippen LogP) is 2.50. The van der Waals surface area contributed by atoms with Crippen molar-refractivity contribution in [1.82, 2.24) is 4.90 Å². The van der Waals surface area contributed by atoms with Gasteiger partial charge in [0.15, 0.2) is 0 Å². The molecule has 0 amide bonds. The molecule has 0 aromatic carbocycles. The van der Waals surface area contributed by atoms with Gasteiger partial charge in [0.05, 0.1) is 5.84 Å². The summed E-state index contributed by atoms with van der Waals surface area (Å²) < 4.78 is 0. The monoisotopic (exact) mass is 180 g/mol. The van der Waals surface area contributed by atoms with Crippen molar-refractivity contribution in [3.05, 3.63) is 0 Å². The van der Waals surface area contributed by atoms with Gasteiger partial charge in [-0.05, 0) is 37.5 Å². The summed E-state index contributed by atoms with van der Waals surface area (Å²) in [6.07, 6.45) is 6.40. The van der Waals surface area contributed by atoms with E-state index in [4.69, 9.17) is 5.41 Å². The molecule has 1 saturated carbocycles. The lowest BCUT2D eigenvalue weighted by atomic mass is 10.0.